The molecule has 0 aromatic heterocycles. The highest BCUT2D eigenvalue weighted by atomic mass is 16.5. The molecule has 1 aromatic rings. The van der Waals surface area contributed by atoms with Crippen LogP contribution in [0.5, 0.6) is 0 Å². The van der Waals surface area contributed by atoms with E-state index in [2.05, 4.69) is 0 Å². The van der Waals surface area contributed by atoms with Gasteiger partial charge in [0.1, 0.15) is 0 Å². The van der Waals surface area contributed by atoms with Gasteiger partial charge in [-0.15, -0.1) is 0 Å². The van der Waals surface area contributed by atoms with Gasteiger partial charge < -0.3 is 14.6 Å². The number of carbonyl (C=O) groups is 2. The summed E-state index contributed by atoms with van der Waals surface area (Å²) in [7, 11) is 0. The summed E-state index contributed by atoms with van der Waals surface area (Å²) in [5.41, 5.74) is 0.624. The van der Waals surface area contributed by atoms with E-state index in [1.54, 1.807) is 38.1 Å². The third-order valence-electron chi connectivity index (χ3n) is 3.08. The summed E-state index contributed by atoms with van der Waals surface area (Å²) in [5.74, 6) is -1.66. The monoisotopic (exact) mass is 294 g/mol. The van der Waals surface area contributed by atoms with E-state index in [-0.39, 0.29) is 25.4 Å². The normalized spacial score (nSPS) is 13.3. The van der Waals surface area contributed by atoms with E-state index in [0.717, 1.165) is 0 Å². The van der Waals surface area contributed by atoms with E-state index < -0.39 is 18.0 Å². The Morgan fingerprint density at radius 2 is 1.71 bits per heavy atom. The number of rotatable bonds is 8. The topological polar surface area (TPSA) is 72.8 Å². The third-order valence-corrected chi connectivity index (χ3v) is 3.08. The number of hydrogen-bond donors (Lipinski definition) is 1. The van der Waals surface area contributed by atoms with Gasteiger partial charge in [-0.1, -0.05) is 30.3 Å². The Morgan fingerprint density at radius 3 is 2.29 bits per heavy atom. The SMILES string of the molecule is CCOC(=O)CC[C@@H](C(=O)OCC)[C@H](O)c1ccccc1. The van der Waals surface area contributed by atoms with Crippen LogP contribution in [0.4, 0.5) is 0 Å². The lowest BCUT2D eigenvalue weighted by molar-refractivity contribution is -0.153. The zero-order valence-electron chi connectivity index (χ0n) is 12.5. The van der Waals surface area contributed by atoms with Crippen molar-refractivity contribution in [1.29, 1.82) is 0 Å². The first-order valence-electron chi connectivity index (χ1n) is 7.15. The van der Waals surface area contributed by atoms with E-state index in [1.807, 2.05) is 6.07 Å². The van der Waals surface area contributed by atoms with Crippen LogP contribution in [0.1, 0.15) is 38.4 Å². The molecule has 1 rings (SSSR count). The van der Waals surface area contributed by atoms with Gasteiger partial charge in [0.25, 0.3) is 0 Å². The second-order valence-corrected chi connectivity index (χ2v) is 4.56. The molecular weight excluding hydrogens is 272 g/mol. The van der Waals surface area contributed by atoms with Gasteiger partial charge in [-0.3, -0.25) is 9.59 Å². The highest BCUT2D eigenvalue weighted by molar-refractivity contribution is 5.75. The van der Waals surface area contributed by atoms with Gasteiger partial charge in [-0.25, -0.2) is 0 Å². The maximum atomic E-state index is 12.0. The minimum absolute atomic E-state index is 0.0706. The number of carbonyl (C=O) groups excluding carboxylic acids is 2. The molecule has 0 aliphatic heterocycles. The molecule has 5 heteroatoms. The second kappa shape index (κ2) is 9.13. The van der Waals surface area contributed by atoms with Gasteiger partial charge in [-0.05, 0) is 25.8 Å². The zero-order valence-corrected chi connectivity index (χ0v) is 12.5. The van der Waals surface area contributed by atoms with Crippen LogP contribution in [0.3, 0.4) is 0 Å². The van der Waals surface area contributed by atoms with E-state index in [9.17, 15) is 14.7 Å². The number of aliphatic hydroxyl groups is 1. The van der Waals surface area contributed by atoms with Crippen molar-refractivity contribution in [2.45, 2.75) is 32.8 Å². The molecule has 0 radical (unpaired) electrons. The van der Waals surface area contributed by atoms with Crippen LogP contribution in [0.25, 0.3) is 0 Å². The molecule has 0 fully saturated rings. The Labute approximate surface area is 124 Å². The van der Waals surface area contributed by atoms with Gasteiger partial charge in [-0.2, -0.15) is 0 Å². The lowest BCUT2D eigenvalue weighted by Crippen LogP contribution is -2.25. The molecule has 116 valence electrons. The van der Waals surface area contributed by atoms with Crippen LogP contribution in [0.2, 0.25) is 0 Å². The molecule has 21 heavy (non-hydrogen) atoms. The molecule has 1 aromatic carbocycles. The molecule has 0 unspecified atom stereocenters. The summed E-state index contributed by atoms with van der Waals surface area (Å²) in [6.07, 6.45) is -0.741. The number of esters is 2. The quantitative estimate of drug-likeness (QED) is 0.744. The minimum Gasteiger partial charge on any atom is -0.466 e. The van der Waals surface area contributed by atoms with E-state index in [4.69, 9.17) is 9.47 Å². The Morgan fingerprint density at radius 1 is 1.10 bits per heavy atom. The fraction of sp³-hybridized carbons (Fsp3) is 0.500. The fourth-order valence-electron chi connectivity index (χ4n) is 2.04. The molecule has 0 aliphatic rings. The van der Waals surface area contributed by atoms with Crippen molar-refractivity contribution in [3.05, 3.63) is 35.9 Å². The van der Waals surface area contributed by atoms with Gasteiger partial charge in [0.15, 0.2) is 0 Å². The van der Waals surface area contributed by atoms with E-state index >= 15 is 0 Å². The van der Waals surface area contributed by atoms with Crippen LogP contribution in [-0.2, 0) is 19.1 Å². The number of aliphatic hydroxyl groups excluding tert-OH is 1. The van der Waals surface area contributed by atoms with Crippen LogP contribution in [0, 0.1) is 5.92 Å². The van der Waals surface area contributed by atoms with E-state index in [1.165, 1.54) is 0 Å². The number of benzene rings is 1. The highest BCUT2D eigenvalue weighted by Gasteiger charge is 2.29. The third kappa shape index (κ3) is 5.55. The average Bonchev–Trinajstić information content (AvgIpc) is 2.48. The molecule has 0 amide bonds. The second-order valence-electron chi connectivity index (χ2n) is 4.56. The van der Waals surface area contributed by atoms with Crippen molar-refractivity contribution in [2.24, 2.45) is 5.92 Å². The van der Waals surface area contributed by atoms with Gasteiger partial charge in [0, 0.05) is 6.42 Å². The van der Waals surface area contributed by atoms with Crippen LogP contribution in [0.15, 0.2) is 30.3 Å². The zero-order chi connectivity index (χ0) is 15.7. The largest absolute Gasteiger partial charge is 0.466 e. The van der Waals surface area contributed by atoms with Crippen molar-refractivity contribution >= 4 is 11.9 Å². The van der Waals surface area contributed by atoms with Crippen LogP contribution in [-0.4, -0.2) is 30.3 Å². The molecule has 0 aliphatic carbocycles. The van der Waals surface area contributed by atoms with Crippen molar-refractivity contribution in [1.82, 2.24) is 0 Å². The van der Waals surface area contributed by atoms with Crippen molar-refractivity contribution in [3.8, 4) is 0 Å². The van der Waals surface area contributed by atoms with Gasteiger partial charge in [0.2, 0.25) is 0 Å². The molecule has 0 spiro atoms. The molecule has 5 nitrogen and oxygen atoms in total. The fourth-order valence-corrected chi connectivity index (χ4v) is 2.04. The maximum Gasteiger partial charge on any atom is 0.311 e. The average molecular weight is 294 g/mol. The lowest BCUT2D eigenvalue weighted by atomic mass is 9.91. The molecule has 0 saturated carbocycles. The molecule has 0 heterocycles. The van der Waals surface area contributed by atoms with E-state index in [0.29, 0.717) is 12.2 Å². The summed E-state index contributed by atoms with van der Waals surface area (Å²) in [6, 6.07) is 8.87. The summed E-state index contributed by atoms with van der Waals surface area (Å²) >= 11 is 0. The first kappa shape index (κ1) is 17.2. The summed E-state index contributed by atoms with van der Waals surface area (Å²) in [5, 5.41) is 10.4. The Balaban J connectivity index is 2.77. The predicted molar refractivity (Wildman–Crippen MR) is 77.4 cm³/mol. The standard InChI is InChI=1S/C16H22O5/c1-3-20-14(17)11-10-13(16(19)21-4-2)15(18)12-8-6-5-7-9-12/h5-9,13,15,18H,3-4,10-11H2,1-2H3/t13-,15-/m1/s1. The van der Waals surface area contributed by atoms with Crippen molar-refractivity contribution in [3.63, 3.8) is 0 Å². The molecule has 1 N–H and O–H groups in total. The number of ether oxygens (including phenoxy) is 2. The Hall–Kier alpha value is -1.88. The van der Waals surface area contributed by atoms with Gasteiger partial charge in [0.05, 0.1) is 25.2 Å². The molecular formula is C16H22O5. The highest BCUT2D eigenvalue weighted by Crippen LogP contribution is 2.27. The molecule has 0 bridgehead atoms. The predicted octanol–water partition coefficient (Wildman–Crippen LogP) is 2.24. The van der Waals surface area contributed by atoms with Crippen LogP contribution >= 0.6 is 0 Å². The molecule has 2 atom stereocenters. The summed E-state index contributed by atoms with van der Waals surface area (Å²) < 4.78 is 9.83. The van der Waals surface area contributed by atoms with Gasteiger partial charge >= 0.3 is 11.9 Å². The summed E-state index contributed by atoms with van der Waals surface area (Å²) in [4.78, 5) is 23.4. The van der Waals surface area contributed by atoms with Crippen molar-refractivity contribution in [2.75, 3.05) is 13.2 Å². The maximum absolute atomic E-state index is 12.0. The first-order valence-corrected chi connectivity index (χ1v) is 7.15. The van der Waals surface area contributed by atoms with Crippen LogP contribution < -0.4 is 0 Å². The summed E-state index contributed by atoms with van der Waals surface area (Å²) in [6.45, 7) is 3.95. The Bertz CT molecular complexity index is 443. The first-order chi connectivity index (χ1) is 10.1. The lowest BCUT2D eigenvalue weighted by Gasteiger charge is -2.21. The van der Waals surface area contributed by atoms with Crippen molar-refractivity contribution < 1.29 is 24.2 Å². The molecule has 0 saturated heterocycles. The number of hydrogen-bond acceptors (Lipinski definition) is 5. The Kier molecular flexibility index (Phi) is 7.46. The smallest absolute Gasteiger partial charge is 0.311 e. The minimum atomic E-state index is -1.00.